The average Bonchev–Trinajstić information content (AvgIpc) is 2.35. The van der Waals surface area contributed by atoms with Crippen LogP contribution in [0.5, 0.6) is 0 Å². The number of nitrogens with one attached hydrogen (secondary N) is 1. The fourth-order valence-corrected chi connectivity index (χ4v) is 1.60. The van der Waals surface area contributed by atoms with Crippen LogP contribution in [0.1, 0.15) is 13.3 Å². The summed E-state index contributed by atoms with van der Waals surface area (Å²) in [5.41, 5.74) is 5.30. The molecule has 2 amide bonds. The van der Waals surface area contributed by atoms with Crippen LogP contribution in [0.4, 0.5) is 0 Å². The summed E-state index contributed by atoms with van der Waals surface area (Å²) in [5, 5.41) is 2.76. The number of nitrogens with two attached hydrogens (primary N) is 1. The molecular weight excluding hydrogens is 210 g/mol. The number of rotatable bonds is 4. The number of nitrogens with zero attached hydrogens (tertiary/aromatic N) is 1. The third kappa shape index (κ3) is 3.18. The third-order valence-electron chi connectivity index (χ3n) is 2.48. The molecule has 1 aliphatic rings. The molecule has 0 bridgehead atoms. The number of hydrogen-bond donors (Lipinski definition) is 2. The van der Waals surface area contributed by atoms with Crippen molar-refractivity contribution in [3.63, 3.8) is 0 Å². The number of morpholine rings is 1. The quantitative estimate of drug-likeness (QED) is 0.627. The van der Waals surface area contributed by atoms with Crippen molar-refractivity contribution in [2.45, 2.75) is 19.4 Å². The Morgan fingerprint density at radius 1 is 1.56 bits per heavy atom. The summed E-state index contributed by atoms with van der Waals surface area (Å²) >= 11 is 0. The lowest BCUT2D eigenvalue weighted by Crippen LogP contribution is -2.57. The molecule has 1 rings (SSSR count). The summed E-state index contributed by atoms with van der Waals surface area (Å²) in [6.07, 6.45) is 0.865. The summed E-state index contributed by atoms with van der Waals surface area (Å²) < 4.78 is 5.21. The molecule has 0 aliphatic carbocycles. The molecule has 0 saturated carbocycles. The molecule has 0 aromatic rings. The monoisotopic (exact) mass is 229 g/mol. The van der Waals surface area contributed by atoms with E-state index in [2.05, 4.69) is 5.32 Å². The molecule has 1 saturated heterocycles. The second-order valence-electron chi connectivity index (χ2n) is 3.67. The summed E-state index contributed by atoms with van der Waals surface area (Å²) in [5.74, 6) is -0.372. The maximum absolute atomic E-state index is 11.8. The molecule has 6 nitrogen and oxygen atoms in total. The molecule has 0 aromatic heterocycles. The van der Waals surface area contributed by atoms with Gasteiger partial charge in [0, 0.05) is 13.1 Å². The molecule has 1 atom stereocenters. The van der Waals surface area contributed by atoms with Gasteiger partial charge in [-0.25, -0.2) is 0 Å². The molecule has 3 N–H and O–H groups in total. The van der Waals surface area contributed by atoms with Crippen LogP contribution in [0.15, 0.2) is 0 Å². The van der Waals surface area contributed by atoms with Crippen LogP contribution in [-0.2, 0) is 14.3 Å². The van der Waals surface area contributed by atoms with Gasteiger partial charge in [0.1, 0.15) is 6.04 Å². The van der Waals surface area contributed by atoms with Gasteiger partial charge in [0.15, 0.2) is 0 Å². The van der Waals surface area contributed by atoms with Crippen molar-refractivity contribution in [3.8, 4) is 0 Å². The highest BCUT2D eigenvalue weighted by Crippen LogP contribution is 2.07. The normalized spacial score (nSPS) is 20.6. The smallest absolute Gasteiger partial charge is 0.245 e. The van der Waals surface area contributed by atoms with Gasteiger partial charge in [0.25, 0.3) is 0 Å². The van der Waals surface area contributed by atoms with E-state index in [9.17, 15) is 9.59 Å². The molecule has 0 aromatic carbocycles. The van der Waals surface area contributed by atoms with Crippen LogP contribution in [0.2, 0.25) is 0 Å². The summed E-state index contributed by atoms with van der Waals surface area (Å²) in [6, 6.07) is -0.531. The number of amides is 2. The highest BCUT2D eigenvalue weighted by Gasteiger charge is 2.31. The van der Waals surface area contributed by atoms with E-state index in [0.717, 1.165) is 6.42 Å². The first-order chi connectivity index (χ1) is 7.70. The minimum absolute atomic E-state index is 0.0719. The number of carbonyl (C=O) groups excluding carboxylic acids is 2. The topological polar surface area (TPSA) is 84.7 Å². The molecule has 6 heteroatoms. The predicted octanol–water partition coefficient (Wildman–Crippen LogP) is -1.30. The van der Waals surface area contributed by atoms with E-state index in [1.807, 2.05) is 6.92 Å². The molecule has 92 valence electrons. The largest absolute Gasteiger partial charge is 0.377 e. The molecular formula is C10H19N3O3. The summed E-state index contributed by atoms with van der Waals surface area (Å²) in [6.45, 7) is 3.66. The number of carbonyl (C=O) groups is 2. The van der Waals surface area contributed by atoms with Crippen molar-refractivity contribution in [1.82, 2.24) is 10.2 Å². The molecule has 0 spiro atoms. The average molecular weight is 229 g/mol. The van der Waals surface area contributed by atoms with Gasteiger partial charge in [0.05, 0.1) is 19.8 Å². The van der Waals surface area contributed by atoms with Crippen molar-refractivity contribution in [2.75, 3.05) is 32.8 Å². The Kier molecular flexibility index (Phi) is 5.21. The Morgan fingerprint density at radius 3 is 2.94 bits per heavy atom. The summed E-state index contributed by atoms with van der Waals surface area (Å²) in [4.78, 5) is 24.8. The maximum atomic E-state index is 11.8. The zero-order valence-electron chi connectivity index (χ0n) is 9.57. The first kappa shape index (κ1) is 12.9. The van der Waals surface area contributed by atoms with Crippen LogP contribution < -0.4 is 11.1 Å². The SMILES string of the molecule is CCCNC(=O)C1COCCN1C(=O)CN. The van der Waals surface area contributed by atoms with Crippen molar-refractivity contribution in [1.29, 1.82) is 0 Å². The minimum Gasteiger partial charge on any atom is -0.377 e. The zero-order valence-corrected chi connectivity index (χ0v) is 9.57. The fourth-order valence-electron chi connectivity index (χ4n) is 1.60. The molecule has 1 unspecified atom stereocenters. The van der Waals surface area contributed by atoms with E-state index >= 15 is 0 Å². The van der Waals surface area contributed by atoms with Crippen LogP contribution >= 0.6 is 0 Å². The van der Waals surface area contributed by atoms with E-state index in [1.165, 1.54) is 4.90 Å². The Labute approximate surface area is 95.1 Å². The Bertz CT molecular complexity index is 258. The molecule has 1 fully saturated rings. The van der Waals surface area contributed by atoms with Crippen LogP contribution in [0.3, 0.4) is 0 Å². The lowest BCUT2D eigenvalue weighted by molar-refractivity contribution is -0.147. The van der Waals surface area contributed by atoms with Crippen LogP contribution in [0, 0.1) is 0 Å². The molecule has 0 radical (unpaired) electrons. The van der Waals surface area contributed by atoms with Gasteiger partial charge in [0.2, 0.25) is 11.8 Å². The highest BCUT2D eigenvalue weighted by atomic mass is 16.5. The van der Waals surface area contributed by atoms with Gasteiger partial charge < -0.3 is 20.7 Å². The van der Waals surface area contributed by atoms with E-state index in [1.54, 1.807) is 0 Å². The van der Waals surface area contributed by atoms with Crippen molar-refractivity contribution >= 4 is 11.8 Å². The van der Waals surface area contributed by atoms with Gasteiger partial charge in [-0.3, -0.25) is 9.59 Å². The molecule has 1 heterocycles. The van der Waals surface area contributed by atoms with Crippen molar-refractivity contribution in [3.05, 3.63) is 0 Å². The number of ether oxygens (including phenoxy) is 1. The van der Waals surface area contributed by atoms with E-state index in [-0.39, 0.29) is 25.0 Å². The fraction of sp³-hybridized carbons (Fsp3) is 0.800. The van der Waals surface area contributed by atoms with E-state index in [0.29, 0.717) is 19.7 Å². The van der Waals surface area contributed by atoms with Gasteiger partial charge in [-0.05, 0) is 6.42 Å². The first-order valence-electron chi connectivity index (χ1n) is 5.55. The molecule has 1 aliphatic heterocycles. The van der Waals surface area contributed by atoms with Crippen molar-refractivity contribution in [2.24, 2.45) is 5.73 Å². The maximum Gasteiger partial charge on any atom is 0.245 e. The van der Waals surface area contributed by atoms with Crippen molar-refractivity contribution < 1.29 is 14.3 Å². The summed E-state index contributed by atoms with van der Waals surface area (Å²) in [7, 11) is 0. The van der Waals surface area contributed by atoms with E-state index < -0.39 is 6.04 Å². The minimum atomic E-state index is -0.531. The third-order valence-corrected chi connectivity index (χ3v) is 2.48. The van der Waals surface area contributed by atoms with Gasteiger partial charge in [-0.2, -0.15) is 0 Å². The van der Waals surface area contributed by atoms with Gasteiger partial charge in [-0.1, -0.05) is 6.92 Å². The number of hydrogen-bond acceptors (Lipinski definition) is 4. The zero-order chi connectivity index (χ0) is 12.0. The Hall–Kier alpha value is -1.14. The predicted molar refractivity (Wildman–Crippen MR) is 58.7 cm³/mol. The van der Waals surface area contributed by atoms with Crippen LogP contribution in [0.25, 0.3) is 0 Å². The molecule has 16 heavy (non-hydrogen) atoms. The first-order valence-corrected chi connectivity index (χ1v) is 5.55. The highest BCUT2D eigenvalue weighted by molar-refractivity contribution is 5.88. The van der Waals surface area contributed by atoms with E-state index in [4.69, 9.17) is 10.5 Å². The van der Waals surface area contributed by atoms with Gasteiger partial charge in [-0.15, -0.1) is 0 Å². The van der Waals surface area contributed by atoms with Crippen LogP contribution in [-0.4, -0.2) is 55.6 Å². The second-order valence-corrected chi connectivity index (χ2v) is 3.67. The standard InChI is InChI=1S/C10H19N3O3/c1-2-3-12-10(15)8-7-16-5-4-13(8)9(14)6-11/h8H,2-7,11H2,1H3,(H,12,15). The Balaban J connectivity index is 2.59. The van der Waals surface area contributed by atoms with Gasteiger partial charge >= 0.3 is 0 Å². The second kappa shape index (κ2) is 6.44. The Morgan fingerprint density at radius 2 is 2.31 bits per heavy atom. The lowest BCUT2D eigenvalue weighted by atomic mass is 10.2. The lowest BCUT2D eigenvalue weighted by Gasteiger charge is -2.34.